The molecule has 0 saturated carbocycles. The SMILES string of the molecule is CC(COCc1ccccc1)OCCOCCO. The highest BCUT2D eigenvalue weighted by molar-refractivity contribution is 5.13. The first kappa shape index (κ1) is 15.1. The Morgan fingerprint density at radius 3 is 2.56 bits per heavy atom. The molecule has 0 saturated heterocycles. The highest BCUT2D eigenvalue weighted by Gasteiger charge is 2.02. The number of rotatable bonds is 10. The van der Waals surface area contributed by atoms with Crippen LogP contribution in [0.15, 0.2) is 30.3 Å². The average Bonchev–Trinajstić information content (AvgIpc) is 2.40. The average molecular weight is 254 g/mol. The van der Waals surface area contributed by atoms with E-state index in [1.54, 1.807) is 0 Å². The van der Waals surface area contributed by atoms with E-state index in [9.17, 15) is 0 Å². The molecule has 0 aliphatic carbocycles. The number of benzene rings is 1. The van der Waals surface area contributed by atoms with Gasteiger partial charge in [0.15, 0.2) is 0 Å². The van der Waals surface area contributed by atoms with Crippen LogP contribution >= 0.6 is 0 Å². The molecule has 102 valence electrons. The van der Waals surface area contributed by atoms with Crippen LogP contribution in [0.2, 0.25) is 0 Å². The molecule has 1 atom stereocenters. The van der Waals surface area contributed by atoms with Gasteiger partial charge in [0.2, 0.25) is 0 Å². The summed E-state index contributed by atoms with van der Waals surface area (Å²) >= 11 is 0. The van der Waals surface area contributed by atoms with Crippen LogP contribution in [-0.2, 0) is 20.8 Å². The largest absolute Gasteiger partial charge is 0.394 e. The van der Waals surface area contributed by atoms with Crippen molar-refractivity contribution >= 4 is 0 Å². The summed E-state index contributed by atoms with van der Waals surface area (Å²) in [5, 5.41) is 8.51. The lowest BCUT2D eigenvalue weighted by molar-refractivity contribution is -0.0362. The van der Waals surface area contributed by atoms with E-state index in [0.717, 1.165) is 5.56 Å². The summed E-state index contributed by atoms with van der Waals surface area (Å²) in [5.74, 6) is 0. The molecule has 0 radical (unpaired) electrons. The van der Waals surface area contributed by atoms with Gasteiger partial charge in [-0.05, 0) is 12.5 Å². The predicted octanol–water partition coefficient (Wildman–Crippen LogP) is 1.62. The molecule has 4 nitrogen and oxygen atoms in total. The lowest BCUT2D eigenvalue weighted by Gasteiger charge is -2.13. The molecule has 0 spiro atoms. The van der Waals surface area contributed by atoms with Gasteiger partial charge >= 0.3 is 0 Å². The van der Waals surface area contributed by atoms with Crippen molar-refractivity contribution in [3.05, 3.63) is 35.9 Å². The molecular weight excluding hydrogens is 232 g/mol. The van der Waals surface area contributed by atoms with Crippen LogP contribution in [0.25, 0.3) is 0 Å². The van der Waals surface area contributed by atoms with Crippen molar-refractivity contribution in [1.29, 1.82) is 0 Å². The van der Waals surface area contributed by atoms with E-state index in [2.05, 4.69) is 0 Å². The first-order valence-electron chi connectivity index (χ1n) is 6.25. The van der Waals surface area contributed by atoms with E-state index in [1.807, 2.05) is 37.3 Å². The third kappa shape index (κ3) is 7.40. The summed E-state index contributed by atoms with van der Waals surface area (Å²) in [4.78, 5) is 0. The molecule has 1 unspecified atom stereocenters. The molecule has 0 heterocycles. The predicted molar refractivity (Wildman–Crippen MR) is 69.4 cm³/mol. The summed E-state index contributed by atoms with van der Waals surface area (Å²) in [6.45, 7) is 4.58. The van der Waals surface area contributed by atoms with Gasteiger partial charge in [0, 0.05) is 0 Å². The van der Waals surface area contributed by atoms with E-state index < -0.39 is 0 Å². The maximum atomic E-state index is 8.51. The Bertz CT molecular complexity index is 289. The zero-order valence-electron chi connectivity index (χ0n) is 10.9. The molecule has 0 bridgehead atoms. The fourth-order valence-electron chi connectivity index (χ4n) is 1.44. The third-order valence-electron chi connectivity index (χ3n) is 2.33. The summed E-state index contributed by atoms with van der Waals surface area (Å²) in [6, 6.07) is 10.1. The van der Waals surface area contributed by atoms with Crippen molar-refractivity contribution in [2.24, 2.45) is 0 Å². The van der Waals surface area contributed by atoms with Crippen LogP contribution < -0.4 is 0 Å². The van der Waals surface area contributed by atoms with Gasteiger partial charge in [0.25, 0.3) is 0 Å². The van der Waals surface area contributed by atoms with Gasteiger partial charge in [-0.2, -0.15) is 0 Å². The highest BCUT2D eigenvalue weighted by atomic mass is 16.6. The fourth-order valence-corrected chi connectivity index (χ4v) is 1.44. The van der Waals surface area contributed by atoms with E-state index in [0.29, 0.717) is 33.0 Å². The van der Waals surface area contributed by atoms with Gasteiger partial charge in [0.1, 0.15) is 0 Å². The number of hydrogen-bond donors (Lipinski definition) is 1. The van der Waals surface area contributed by atoms with E-state index in [-0.39, 0.29) is 12.7 Å². The van der Waals surface area contributed by atoms with Crippen molar-refractivity contribution in [1.82, 2.24) is 0 Å². The quantitative estimate of drug-likeness (QED) is 0.645. The van der Waals surface area contributed by atoms with Gasteiger partial charge < -0.3 is 19.3 Å². The molecule has 18 heavy (non-hydrogen) atoms. The summed E-state index contributed by atoms with van der Waals surface area (Å²) < 4.78 is 16.1. The lowest BCUT2D eigenvalue weighted by Crippen LogP contribution is -2.19. The zero-order valence-corrected chi connectivity index (χ0v) is 10.9. The molecule has 0 fully saturated rings. The van der Waals surface area contributed by atoms with Crippen LogP contribution in [0, 0.1) is 0 Å². The molecule has 0 aliphatic heterocycles. The number of aliphatic hydroxyl groups is 1. The Morgan fingerprint density at radius 1 is 1.06 bits per heavy atom. The smallest absolute Gasteiger partial charge is 0.0781 e. The minimum atomic E-state index is 0.0476. The van der Waals surface area contributed by atoms with Gasteiger partial charge in [-0.3, -0.25) is 0 Å². The maximum Gasteiger partial charge on any atom is 0.0781 e. The topological polar surface area (TPSA) is 47.9 Å². The van der Waals surface area contributed by atoms with Crippen LogP contribution in [0.4, 0.5) is 0 Å². The summed E-state index contributed by atoms with van der Waals surface area (Å²) in [5.41, 5.74) is 1.16. The minimum Gasteiger partial charge on any atom is -0.394 e. The van der Waals surface area contributed by atoms with Gasteiger partial charge in [-0.25, -0.2) is 0 Å². The maximum absolute atomic E-state index is 8.51. The van der Waals surface area contributed by atoms with Crippen LogP contribution in [-0.4, -0.2) is 44.2 Å². The summed E-state index contributed by atoms with van der Waals surface area (Å²) in [7, 11) is 0. The Balaban J connectivity index is 1.98. The van der Waals surface area contributed by atoms with Crippen LogP contribution in [0.5, 0.6) is 0 Å². The normalized spacial score (nSPS) is 12.6. The standard InChI is InChI=1S/C14H22O4/c1-13(18-10-9-16-8-7-15)11-17-12-14-5-3-2-4-6-14/h2-6,13,15H,7-12H2,1H3. The molecule has 0 aromatic heterocycles. The molecule has 0 amide bonds. The highest BCUT2D eigenvalue weighted by Crippen LogP contribution is 2.01. The minimum absolute atomic E-state index is 0.0476. The van der Waals surface area contributed by atoms with Crippen molar-refractivity contribution in [2.45, 2.75) is 19.6 Å². The number of ether oxygens (including phenoxy) is 3. The molecule has 1 N–H and O–H groups in total. The lowest BCUT2D eigenvalue weighted by atomic mass is 10.2. The summed E-state index contributed by atoms with van der Waals surface area (Å²) in [6.07, 6.45) is 0.0476. The van der Waals surface area contributed by atoms with E-state index in [4.69, 9.17) is 19.3 Å². The van der Waals surface area contributed by atoms with Crippen LogP contribution in [0.1, 0.15) is 12.5 Å². The molecule has 0 aliphatic rings. The fraction of sp³-hybridized carbons (Fsp3) is 0.571. The molecule has 4 heteroatoms. The molecule has 1 aromatic rings. The van der Waals surface area contributed by atoms with Crippen molar-refractivity contribution in [3.8, 4) is 0 Å². The van der Waals surface area contributed by atoms with Gasteiger partial charge in [0.05, 0.1) is 45.7 Å². The van der Waals surface area contributed by atoms with Crippen LogP contribution in [0.3, 0.4) is 0 Å². The van der Waals surface area contributed by atoms with Crippen molar-refractivity contribution < 1.29 is 19.3 Å². The third-order valence-corrected chi connectivity index (χ3v) is 2.33. The Hall–Kier alpha value is -0.940. The first-order chi connectivity index (χ1) is 8.83. The number of aliphatic hydroxyl groups excluding tert-OH is 1. The van der Waals surface area contributed by atoms with E-state index >= 15 is 0 Å². The van der Waals surface area contributed by atoms with Gasteiger partial charge in [-0.15, -0.1) is 0 Å². The second-order valence-corrected chi connectivity index (χ2v) is 4.02. The monoisotopic (exact) mass is 254 g/mol. The molecule has 1 rings (SSSR count). The molecular formula is C14H22O4. The van der Waals surface area contributed by atoms with E-state index in [1.165, 1.54) is 0 Å². The van der Waals surface area contributed by atoms with Crippen molar-refractivity contribution in [3.63, 3.8) is 0 Å². The number of hydrogen-bond acceptors (Lipinski definition) is 4. The van der Waals surface area contributed by atoms with Crippen molar-refractivity contribution in [2.75, 3.05) is 33.0 Å². The Kier molecular flexibility index (Phi) is 8.42. The first-order valence-corrected chi connectivity index (χ1v) is 6.25. The Labute approximate surface area is 108 Å². The van der Waals surface area contributed by atoms with Gasteiger partial charge in [-0.1, -0.05) is 30.3 Å². The zero-order chi connectivity index (χ0) is 13.1. The second-order valence-electron chi connectivity index (χ2n) is 4.02. The molecule has 1 aromatic carbocycles. The Morgan fingerprint density at radius 2 is 1.83 bits per heavy atom. The second kappa shape index (κ2) is 10.0.